The molecule has 2 aromatic carbocycles. The number of anilines is 2. The number of hydrogen-bond donors (Lipinski definition) is 7. The maximum absolute atomic E-state index is 13.8. The second-order valence-electron chi connectivity index (χ2n) is 13.8. The van der Waals surface area contributed by atoms with Crippen molar-refractivity contribution in [3.63, 3.8) is 0 Å². The smallest absolute Gasteiger partial charge is 0.243 e. The second kappa shape index (κ2) is 19.8. The molecule has 0 aliphatic rings. The van der Waals surface area contributed by atoms with Gasteiger partial charge in [0.15, 0.2) is 10.3 Å². The van der Waals surface area contributed by atoms with Gasteiger partial charge < -0.3 is 37.8 Å². The van der Waals surface area contributed by atoms with E-state index in [0.717, 1.165) is 11.1 Å². The number of aliphatic hydroxyl groups is 1. The molecule has 0 saturated carbocycles. The lowest BCUT2D eigenvalue weighted by Gasteiger charge is -2.31. The zero-order valence-corrected chi connectivity index (χ0v) is 32.1. The van der Waals surface area contributed by atoms with Gasteiger partial charge in [0.1, 0.15) is 12.1 Å². The van der Waals surface area contributed by atoms with E-state index >= 15 is 0 Å². The normalized spacial score (nSPS) is 14.2. The highest BCUT2D eigenvalue weighted by atomic mass is 32.1. The van der Waals surface area contributed by atoms with E-state index in [4.69, 9.17) is 11.5 Å². The predicted molar refractivity (Wildman–Crippen MR) is 209 cm³/mol. The van der Waals surface area contributed by atoms with Gasteiger partial charge in [-0.25, -0.2) is 9.97 Å². The van der Waals surface area contributed by atoms with Crippen molar-refractivity contribution in [2.45, 2.75) is 90.1 Å². The number of carbonyl (C=O) groups is 4. The van der Waals surface area contributed by atoms with Crippen LogP contribution in [0.1, 0.15) is 56.6 Å². The Balaban J connectivity index is 1.52. The molecule has 15 heteroatoms. The highest BCUT2D eigenvalue weighted by Gasteiger charge is 2.32. The van der Waals surface area contributed by atoms with E-state index in [0.29, 0.717) is 34.5 Å². The Morgan fingerprint density at radius 2 is 1.09 bits per heavy atom. The van der Waals surface area contributed by atoms with Gasteiger partial charge in [0.25, 0.3) is 0 Å². The summed E-state index contributed by atoms with van der Waals surface area (Å²) >= 11 is 2.47. The third-order valence-electron chi connectivity index (χ3n) is 8.64. The number of thiazole rings is 2. The van der Waals surface area contributed by atoms with Gasteiger partial charge in [0.2, 0.25) is 23.6 Å². The van der Waals surface area contributed by atoms with E-state index in [-0.39, 0.29) is 42.9 Å². The van der Waals surface area contributed by atoms with E-state index < -0.39 is 42.1 Å². The fourth-order valence-electron chi connectivity index (χ4n) is 5.92. The Morgan fingerprint density at radius 3 is 1.51 bits per heavy atom. The second-order valence-corrected chi connectivity index (χ2v) is 15.6. The third kappa shape index (κ3) is 13.3. The summed E-state index contributed by atoms with van der Waals surface area (Å²) in [4.78, 5) is 61.9. The third-order valence-corrected chi connectivity index (χ3v) is 10.1. The lowest BCUT2D eigenvalue weighted by atomic mass is 9.92. The van der Waals surface area contributed by atoms with Crippen molar-refractivity contribution in [1.29, 1.82) is 0 Å². The van der Waals surface area contributed by atoms with Crippen LogP contribution in [0, 0.1) is 11.8 Å². The molecule has 2 aromatic heterocycles. The van der Waals surface area contributed by atoms with Gasteiger partial charge in [-0.1, -0.05) is 88.4 Å². The van der Waals surface area contributed by atoms with E-state index in [1.165, 1.54) is 22.7 Å². The standard InChI is InChI=1S/C38H50N8O5S2/c1-22(2)33(45-31(48)18-27-20-52-37(39)42-27)35(50)41-26(15-24-11-7-5-8-12-24)17-30(47)29(16-25-13-9-6-10-14-25)44-36(51)34(23(3)4)46-32(49)19-28-21-53-38(40)43-28/h5-14,20-23,26,29-30,33-34,47H,15-19H2,1-4H3,(H2,39,42)(H2,40,43)(H,41,50)(H,44,51)(H,45,48)(H,46,49)/t26-,29-,30-,33-,34-/m0/s1. The van der Waals surface area contributed by atoms with Crippen molar-refractivity contribution in [2.24, 2.45) is 11.8 Å². The topological polar surface area (TPSA) is 214 Å². The number of nitrogens with two attached hydrogens (primary N) is 2. The molecule has 13 nitrogen and oxygen atoms in total. The zero-order valence-electron chi connectivity index (χ0n) is 30.5. The molecule has 0 radical (unpaired) electrons. The van der Waals surface area contributed by atoms with Crippen LogP contribution >= 0.6 is 22.7 Å². The number of carbonyl (C=O) groups excluding carboxylic acids is 4. The van der Waals surface area contributed by atoms with Crippen LogP contribution in [0.3, 0.4) is 0 Å². The first-order valence-electron chi connectivity index (χ1n) is 17.6. The van der Waals surface area contributed by atoms with E-state index in [2.05, 4.69) is 31.2 Å². The molecule has 0 unspecified atom stereocenters. The molecule has 284 valence electrons. The Kier molecular flexibility index (Phi) is 15.3. The highest BCUT2D eigenvalue weighted by molar-refractivity contribution is 7.13. The highest BCUT2D eigenvalue weighted by Crippen LogP contribution is 2.17. The minimum atomic E-state index is -1.11. The largest absolute Gasteiger partial charge is 0.391 e. The molecule has 9 N–H and O–H groups in total. The molecule has 4 rings (SSSR count). The summed E-state index contributed by atoms with van der Waals surface area (Å²) in [6, 6.07) is 15.9. The SMILES string of the molecule is CC(C)[C@H](NC(=O)Cc1csc(N)n1)C(=O)N[C@@H](Cc1ccccc1)C[C@H](O)[C@H](Cc1ccccc1)NC(=O)[C@@H](NC(=O)Cc1csc(N)n1)C(C)C. The van der Waals surface area contributed by atoms with Crippen molar-refractivity contribution in [1.82, 2.24) is 31.2 Å². The van der Waals surface area contributed by atoms with Crippen LogP contribution in [-0.2, 0) is 44.9 Å². The van der Waals surface area contributed by atoms with Crippen LogP contribution in [-0.4, -0.2) is 69.0 Å². The molecule has 4 aromatic rings. The van der Waals surface area contributed by atoms with Gasteiger partial charge in [0.05, 0.1) is 36.4 Å². The number of nitrogen functional groups attached to an aromatic ring is 2. The number of nitrogens with zero attached hydrogens (tertiary/aromatic N) is 2. The maximum atomic E-state index is 13.8. The maximum Gasteiger partial charge on any atom is 0.243 e. The Hall–Kier alpha value is -4.86. The number of hydrogen-bond acceptors (Lipinski definition) is 11. The summed E-state index contributed by atoms with van der Waals surface area (Å²) in [5, 5.41) is 27.8. The fraction of sp³-hybridized carbons (Fsp3) is 0.421. The first-order chi connectivity index (χ1) is 25.3. The number of aliphatic hydroxyl groups excluding tert-OH is 1. The van der Waals surface area contributed by atoms with Crippen LogP contribution in [0.15, 0.2) is 71.4 Å². The number of nitrogens with one attached hydrogen (secondary N) is 4. The van der Waals surface area contributed by atoms with Gasteiger partial charge >= 0.3 is 0 Å². The molecular weight excluding hydrogens is 713 g/mol. The molecule has 53 heavy (non-hydrogen) atoms. The number of rotatable bonds is 19. The van der Waals surface area contributed by atoms with Gasteiger partial charge in [0, 0.05) is 16.8 Å². The summed E-state index contributed by atoms with van der Waals surface area (Å²) in [6.07, 6.45) is -0.399. The monoisotopic (exact) mass is 762 g/mol. The van der Waals surface area contributed by atoms with Gasteiger partial charge in [-0.3, -0.25) is 19.2 Å². The van der Waals surface area contributed by atoms with Crippen LogP contribution in [0.4, 0.5) is 10.3 Å². The molecule has 0 fully saturated rings. The molecule has 4 amide bonds. The number of amides is 4. The molecule has 2 heterocycles. The van der Waals surface area contributed by atoms with Gasteiger partial charge in [-0.05, 0) is 42.2 Å². The minimum absolute atomic E-state index is 0.0193. The van der Waals surface area contributed by atoms with Crippen LogP contribution in [0.2, 0.25) is 0 Å². The first kappa shape index (κ1) is 40.9. The number of benzene rings is 2. The lowest BCUT2D eigenvalue weighted by Crippen LogP contribution is -2.57. The summed E-state index contributed by atoms with van der Waals surface area (Å²) in [7, 11) is 0. The zero-order chi connectivity index (χ0) is 38.5. The first-order valence-corrected chi connectivity index (χ1v) is 19.4. The fourth-order valence-corrected chi connectivity index (χ4v) is 7.04. The van der Waals surface area contributed by atoms with E-state index in [9.17, 15) is 24.3 Å². The van der Waals surface area contributed by atoms with Crippen molar-refractivity contribution >= 4 is 56.6 Å². The lowest BCUT2D eigenvalue weighted by molar-refractivity contribution is -0.131. The summed E-state index contributed by atoms with van der Waals surface area (Å²) in [6.45, 7) is 7.34. The van der Waals surface area contributed by atoms with Crippen molar-refractivity contribution in [3.8, 4) is 0 Å². The minimum Gasteiger partial charge on any atom is -0.391 e. The van der Waals surface area contributed by atoms with Crippen LogP contribution in [0.25, 0.3) is 0 Å². The average Bonchev–Trinajstić information content (AvgIpc) is 3.72. The molecule has 0 bridgehead atoms. The predicted octanol–water partition coefficient (Wildman–Crippen LogP) is 3.04. The molecule has 0 spiro atoms. The van der Waals surface area contributed by atoms with Crippen molar-refractivity contribution in [3.05, 3.63) is 93.9 Å². The molecule has 0 saturated heterocycles. The molecule has 0 aliphatic heterocycles. The van der Waals surface area contributed by atoms with Crippen molar-refractivity contribution in [2.75, 3.05) is 11.5 Å². The van der Waals surface area contributed by atoms with E-state index in [1.807, 2.05) is 88.4 Å². The quantitative estimate of drug-likeness (QED) is 0.0747. The van der Waals surface area contributed by atoms with Crippen molar-refractivity contribution < 1.29 is 24.3 Å². The summed E-state index contributed by atoms with van der Waals surface area (Å²) in [5.41, 5.74) is 14.3. The molecule has 0 aliphatic carbocycles. The van der Waals surface area contributed by atoms with E-state index in [1.54, 1.807) is 10.8 Å². The molecule has 5 atom stereocenters. The van der Waals surface area contributed by atoms with Crippen LogP contribution < -0.4 is 32.7 Å². The number of aromatic nitrogens is 2. The molecular formula is C38H50N8O5S2. The Morgan fingerprint density at radius 1 is 0.660 bits per heavy atom. The van der Waals surface area contributed by atoms with Gasteiger partial charge in [-0.15, -0.1) is 22.7 Å². The Bertz CT molecular complexity index is 1780. The Labute approximate surface area is 318 Å². The summed E-state index contributed by atoms with van der Waals surface area (Å²) in [5.74, 6) is -2.10. The van der Waals surface area contributed by atoms with Crippen LogP contribution in [0.5, 0.6) is 0 Å². The summed E-state index contributed by atoms with van der Waals surface area (Å²) < 4.78 is 0. The average molecular weight is 763 g/mol. The van der Waals surface area contributed by atoms with Gasteiger partial charge in [-0.2, -0.15) is 0 Å².